The normalized spacial score (nSPS) is 10.6. The molecule has 1 rings (SSSR count). The summed E-state index contributed by atoms with van der Waals surface area (Å²) in [5.74, 6) is -0.720. The molecule has 0 aliphatic heterocycles. The van der Waals surface area contributed by atoms with Gasteiger partial charge in [0.05, 0.1) is 7.11 Å². The van der Waals surface area contributed by atoms with Crippen molar-refractivity contribution in [2.75, 3.05) is 19.0 Å². The van der Waals surface area contributed by atoms with E-state index in [-0.39, 0.29) is 16.7 Å². The third kappa shape index (κ3) is 3.90. The fourth-order valence-electron chi connectivity index (χ4n) is 0.742. The molecule has 0 atom stereocenters. The van der Waals surface area contributed by atoms with Crippen LogP contribution >= 0.6 is 11.5 Å². The number of nitrogens with one attached hydrogen (secondary N) is 1. The van der Waals surface area contributed by atoms with E-state index in [1.165, 1.54) is 13.4 Å². The molecular weight excluding hydrogens is 264 g/mol. The van der Waals surface area contributed by atoms with Gasteiger partial charge in [0, 0.05) is 11.5 Å². The van der Waals surface area contributed by atoms with Crippen molar-refractivity contribution in [3.05, 3.63) is 5.82 Å². The Morgan fingerprint density at radius 3 is 3.06 bits per heavy atom. The van der Waals surface area contributed by atoms with Crippen molar-refractivity contribution in [2.24, 2.45) is 5.16 Å². The number of aromatic nitrogens is 2. The van der Waals surface area contributed by atoms with E-state index < -0.39 is 12.6 Å². The van der Waals surface area contributed by atoms with Crippen LogP contribution in [0.1, 0.15) is 5.82 Å². The minimum absolute atomic E-state index is 0.0655. The lowest BCUT2D eigenvalue weighted by Crippen LogP contribution is -2.11. The van der Waals surface area contributed by atoms with Gasteiger partial charge in [0.2, 0.25) is 24.0 Å². The maximum atomic E-state index is 10.7. The molecule has 0 unspecified atom stereocenters. The van der Waals surface area contributed by atoms with Crippen LogP contribution in [0.5, 0.6) is 0 Å². The summed E-state index contributed by atoms with van der Waals surface area (Å²) < 4.78 is 8.04. The predicted molar refractivity (Wildman–Crippen MR) is 59.8 cm³/mol. The number of hydrogen-bond acceptors (Lipinski definition) is 9. The molecule has 95 valence electrons. The summed E-state index contributed by atoms with van der Waals surface area (Å²) in [4.78, 5) is 39.8. The highest BCUT2D eigenvalue weighted by atomic mass is 32.1. The van der Waals surface area contributed by atoms with Gasteiger partial charge in [0.15, 0.2) is 5.71 Å². The van der Waals surface area contributed by atoms with E-state index in [1.807, 2.05) is 0 Å². The van der Waals surface area contributed by atoms with Crippen LogP contribution in [-0.4, -0.2) is 47.5 Å². The maximum absolute atomic E-state index is 10.7. The number of amides is 1. The molecule has 0 aliphatic rings. The van der Waals surface area contributed by atoms with Gasteiger partial charge in [0.25, 0.3) is 6.29 Å². The number of hydrogen-bond donors (Lipinski definition) is 1. The molecule has 0 aliphatic carbocycles. The summed E-state index contributed by atoms with van der Waals surface area (Å²) in [5, 5.41) is 5.78. The fraction of sp³-hybridized carbons (Fsp3) is 0.250. The fourth-order valence-corrected chi connectivity index (χ4v) is 1.27. The Hall–Kier alpha value is -2.36. The lowest BCUT2D eigenvalue weighted by molar-refractivity contribution is -0.145. The molecule has 18 heavy (non-hydrogen) atoms. The van der Waals surface area contributed by atoms with Crippen LogP contribution in [0.15, 0.2) is 5.16 Å². The Bertz CT molecular complexity index is 472. The number of esters is 1. The first-order valence-corrected chi connectivity index (χ1v) is 5.17. The van der Waals surface area contributed by atoms with E-state index in [2.05, 4.69) is 29.4 Å². The Kier molecular flexibility index (Phi) is 5.38. The molecule has 1 heterocycles. The average molecular weight is 271 g/mol. The smallest absolute Gasteiger partial charge is 0.346 e. The molecule has 10 heteroatoms. The van der Waals surface area contributed by atoms with Gasteiger partial charge in [0.1, 0.15) is 0 Å². The largest absolute Gasteiger partial charge is 0.466 e. The first kappa shape index (κ1) is 13.7. The van der Waals surface area contributed by atoms with Gasteiger partial charge < -0.3 is 14.9 Å². The Balaban J connectivity index is 2.69. The molecule has 0 saturated heterocycles. The van der Waals surface area contributed by atoms with Crippen LogP contribution in [0.2, 0.25) is 0 Å². The van der Waals surface area contributed by atoms with Gasteiger partial charge in [-0.25, -0.2) is 4.79 Å². The molecule has 0 bridgehead atoms. The summed E-state index contributed by atoms with van der Waals surface area (Å²) >= 11 is 0.852. The number of oxime groups is 1. The SMILES string of the molecule is COC(=O)CON=C([C]=O)c1nsc(NC=O)n1. The molecule has 9 nitrogen and oxygen atoms in total. The number of methoxy groups -OCH3 is 1. The maximum Gasteiger partial charge on any atom is 0.346 e. The van der Waals surface area contributed by atoms with Crippen LogP contribution in [0.25, 0.3) is 0 Å². The minimum Gasteiger partial charge on any atom is -0.466 e. The highest BCUT2D eigenvalue weighted by molar-refractivity contribution is 7.10. The number of carbonyl (C=O) groups excluding carboxylic acids is 3. The van der Waals surface area contributed by atoms with Crippen molar-refractivity contribution in [3.8, 4) is 0 Å². The second kappa shape index (κ2) is 7.06. The lowest BCUT2D eigenvalue weighted by atomic mass is 10.4. The van der Waals surface area contributed by atoms with E-state index in [0.717, 1.165) is 11.5 Å². The summed E-state index contributed by atoms with van der Waals surface area (Å²) in [6.07, 6.45) is 1.87. The minimum atomic E-state index is -0.654. The summed E-state index contributed by atoms with van der Waals surface area (Å²) in [6, 6.07) is 0. The third-order valence-electron chi connectivity index (χ3n) is 1.48. The van der Waals surface area contributed by atoms with Crippen molar-refractivity contribution in [3.63, 3.8) is 0 Å². The molecule has 1 radical (unpaired) electrons. The number of rotatable bonds is 7. The van der Waals surface area contributed by atoms with Gasteiger partial charge in [-0.05, 0) is 0 Å². The number of ether oxygens (including phenoxy) is 1. The molecule has 0 spiro atoms. The summed E-state index contributed by atoms with van der Waals surface area (Å²) in [5.41, 5.74) is -0.325. The van der Waals surface area contributed by atoms with E-state index in [1.54, 1.807) is 0 Å². The van der Waals surface area contributed by atoms with Crippen molar-refractivity contribution < 1.29 is 24.0 Å². The van der Waals surface area contributed by atoms with Crippen LogP contribution in [0.4, 0.5) is 5.13 Å². The van der Waals surface area contributed by atoms with Gasteiger partial charge in [-0.15, -0.1) is 0 Å². The Morgan fingerprint density at radius 2 is 2.44 bits per heavy atom. The average Bonchev–Trinajstić information content (AvgIpc) is 2.83. The van der Waals surface area contributed by atoms with Gasteiger partial charge in [-0.1, -0.05) is 5.16 Å². The monoisotopic (exact) mass is 271 g/mol. The highest BCUT2D eigenvalue weighted by Crippen LogP contribution is 2.10. The number of nitrogens with zero attached hydrogens (tertiary/aromatic N) is 3. The van der Waals surface area contributed by atoms with Crippen LogP contribution in [0, 0.1) is 0 Å². The molecule has 0 aromatic carbocycles. The zero-order valence-electron chi connectivity index (χ0n) is 9.08. The van der Waals surface area contributed by atoms with Gasteiger partial charge in [-0.3, -0.25) is 9.59 Å². The van der Waals surface area contributed by atoms with E-state index >= 15 is 0 Å². The van der Waals surface area contributed by atoms with Crippen LogP contribution < -0.4 is 5.32 Å². The van der Waals surface area contributed by atoms with E-state index in [0.29, 0.717) is 6.41 Å². The molecule has 1 aromatic heterocycles. The zero-order chi connectivity index (χ0) is 13.4. The third-order valence-corrected chi connectivity index (χ3v) is 2.13. The second-order valence-electron chi connectivity index (χ2n) is 2.58. The van der Waals surface area contributed by atoms with Crippen molar-refractivity contribution in [1.82, 2.24) is 9.36 Å². The standard InChI is InChI=1S/C8H7N4O5S/c1-16-6(15)3-17-11-5(2-13)7-10-8(9-4-14)18-12-7/h4H,3H2,1H3,(H,9,10,12,14). The first-order chi connectivity index (χ1) is 8.71. The molecule has 0 fully saturated rings. The first-order valence-electron chi connectivity index (χ1n) is 4.40. The predicted octanol–water partition coefficient (Wildman–Crippen LogP) is -0.890. The van der Waals surface area contributed by atoms with Crippen LogP contribution in [0.3, 0.4) is 0 Å². The van der Waals surface area contributed by atoms with Gasteiger partial charge in [-0.2, -0.15) is 9.36 Å². The van der Waals surface area contributed by atoms with Crippen LogP contribution in [-0.2, 0) is 24.0 Å². The Morgan fingerprint density at radius 1 is 1.67 bits per heavy atom. The molecule has 1 aromatic rings. The molecule has 1 amide bonds. The molecule has 0 saturated carbocycles. The summed E-state index contributed by atoms with van der Waals surface area (Å²) in [6.45, 7) is -0.453. The van der Waals surface area contributed by atoms with Crippen molar-refractivity contribution in [1.29, 1.82) is 0 Å². The highest BCUT2D eigenvalue weighted by Gasteiger charge is 2.12. The lowest BCUT2D eigenvalue weighted by Gasteiger charge is -1.97. The van der Waals surface area contributed by atoms with E-state index in [9.17, 15) is 14.4 Å². The van der Waals surface area contributed by atoms with Crippen molar-refractivity contribution >= 4 is 41.0 Å². The zero-order valence-corrected chi connectivity index (χ0v) is 9.89. The van der Waals surface area contributed by atoms with Crippen molar-refractivity contribution in [2.45, 2.75) is 0 Å². The summed E-state index contributed by atoms with van der Waals surface area (Å²) in [7, 11) is 1.18. The second-order valence-corrected chi connectivity index (χ2v) is 3.33. The molecular formula is C8H7N4O5S. The number of anilines is 1. The quantitative estimate of drug-likeness (QED) is 0.295. The van der Waals surface area contributed by atoms with E-state index in [4.69, 9.17) is 0 Å². The Labute approximate surface area is 105 Å². The topological polar surface area (TPSA) is 120 Å². The number of carbonyl (C=O) groups is 2. The molecule has 1 N–H and O–H groups in total. The van der Waals surface area contributed by atoms with Gasteiger partial charge >= 0.3 is 5.97 Å².